The van der Waals surface area contributed by atoms with E-state index in [4.69, 9.17) is 4.74 Å². The van der Waals surface area contributed by atoms with Gasteiger partial charge in [-0.3, -0.25) is 5.10 Å². The Bertz CT molecular complexity index is 564. The summed E-state index contributed by atoms with van der Waals surface area (Å²) in [6.07, 6.45) is 1.68. The number of nitrogens with zero attached hydrogens (tertiary/aromatic N) is 2. The summed E-state index contributed by atoms with van der Waals surface area (Å²) in [4.78, 5) is 11.7. The van der Waals surface area contributed by atoms with Crippen LogP contribution in [0.3, 0.4) is 0 Å². The third kappa shape index (κ3) is 2.39. The summed E-state index contributed by atoms with van der Waals surface area (Å²) in [5, 5.41) is 6.68. The number of aromatic nitrogens is 2. The zero-order valence-electron chi connectivity index (χ0n) is 10.3. The second-order valence-electron chi connectivity index (χ2n) is 4.10. The topological polar surface area (TPSA) is 92.4 Å². The zero-order chi connectivity index (χ0) is 13.3. The number of nitrogens with one attached hydrogen (secondary N) is 1. The van der Waals surface area contributed by atoms with E-state index in [1.165, 1.54) is 4.31 Å². The Morgan fingerprint density at radius 2 is 2.28 bits per heavy atom. The molecule has 100 valence electrons. The molecule has 0 aromatic carbocycles. The Labute approximate surface area is 105 Å². The first kappa shape index (κ1) is 13.0. The molecule has 18 heavy (non-hydrogen) atoms. The average molecular weight is 273 g/mol. The highest BCUT2D eigenvalue weighted by Crippen LogP contribution is 2.22. The number of aromatic amines is 1. The molecule has 0 saturated carbocycles. The van der Waals surface area contributed by atoms with E-state index in [0.717, 1.165) is 11.9 Å². The highest BCUT2D eigenvalue weighted by molar-refractivity contribution is 7.88. The first-order valence-electron chi connectivity index (χ1n) is 5.61. The van der Waals surface area contributed by atoms with E-state index in [1.54, 1.807) is 6.92 Å². The number of carbonyl (C=O) groups is 1. The van der Waals surface area contributed by atoms with Crippen molar-refractivity contribution in [2.75, 3.05) is 19.4 Å². The number of esters is 1. The minimum absolute atomic E-state index is 0.165. The number of carbonyl (C=O) groups excluding carboxylic acids is 1. The predicted octanol–water partition coefficient (Wildman–Crippen LogP) is -0.0959. The summed E-state index contributed by atoms with van der Waals surface area (Å²) in [7, 11) is -3.26. The summed E-state index contributed by atoms with van der Waals surface area (Å²) < 4.78 is 29.2. The molecule has 0 atom stereocenters. The summed E-state index contributed by atoms with van der Waals surface area (Å²) in [6.45, 7) is 2.53. The predicted molar refractivity (Wildman–Crippen MR) is 63.5 cm³/mol. The maximum Gasteiger partial charge on any atom is 0.359 e. The first-order chi connectivity index (χ1) is 8.43. The summed E-state index contributed by atoms with van der Waals surface area (Å²) >= 11 is 0. The third-order valence-electron chi connectivity index (χ3n) is 2.84. The van der Waals surface area contributed by atoms with E-state index in [0.29, 0.717) is 18.5 Å². The number of hydrogen-bond donors (Lipinski definition) is 1. The maximum atomic E-state index is 11.7. The molecule has 0 bridgehead atoms. The highest BCUT2D eigenvalue weighted by Gasteiger charge is 2.29. The van der Waals surface area contributed by atoms with E-state index >= 15 is 0 Å². The fourth-order valence-electron chi connectivity index (χ4n) is 1.92. The van der Waals surface area contributed by atoms with Gasteiger partial charge in [-0.1, -0.05) is 0 Å². The van der Waals surface area contributed by atoms with Crippen molar-refractivity contribution in [3.63, 3.8) is 0 Å². The van der Waals surface area contributed by atoms with Crippen molar-refractivity contribution >= 4 is 16.0 Å². The summed E-state index contributed by atoms with van der Waals surface area (Å²) in [5.41, 5.74) is 1.60. The van der Waals surface area contributed by atoms with Crippen molar-refractivity contribution < 1.29 is 17.9 Å². The minimum Gasteiger partial charge on any atom is -0.461 e. The van der Waals surface area contributed by atoms with Gasteiger partial charge in [0.1, 0.15) is 0 Å². The molecule has 1 aliphatic heterocycles. The van der Waals surface area contributed by atoms with Crippen molar-refractivity contribution in [1.29, 1.82) is 0 Å². The van der Waals surface area contributed by atoms with Gasteiger partial charge in [-0.2, -0.15) is 9.40 Å². The lowest BCUT2D eigenvalue weighted by Gasteiger charge is -2.24. The molecule has 0 unspecified atom stereocenters. The molecule has 0 spiro atoms. The lowest BCUT2D eigenvalue weighted by molar-refractivity contribution is 0.0517. The van der Waals surface area contributed by atoms with Gasteiger partial charge in [0.05, 0.1) is 12.9 Å². The highest BCUT2D eigenvalue weighted by atomic mass is 32.2. The molecule has 0 fully saturated rings. The SMILES string of the molecule is CCOC(=O)c1n[nH]c2c1CN(S(C)(=O)=O)CC2. The van der Waals surface area contributed by atoms with Crippen molar-refractivity contribution in [2.24, 2.45) is 0 Å². The number of rotatable bonds is 3. The number of sulfonamides is 1. The molecular weight excluding hydrogens is 258 g/mol. The van der Waals surface area contributed by atoms with Gasteiger partial charge in [0, 0.05) is 30.8 Å². The van der Waals surface area contributed by atoms with Crippen LogP contribution in [0.25, 0.3) is 0 Å². The van der Waals surface area contributed by atoms with Crippen LogP contribution in [0.2, 0.25) is 0 Å². The van der Waals surface area contributed by atoms with E-state index in [1.807, 2.05) is 0 Å². The first-order valence-corrected chi connectivity index (χ1v) is 7.46. The Morgan fingerprint density at radius 3 is 2.89 bits per heavy atom. The molecule has 7 nitrogen and oxygen atoms in total. The van der Waals surface area contributed by atoms with E-state index in [-0.39, 0.29) is 18.8 Å². The molecule has 1 aromatic rings. The minimum atomic E-state index is -3.26. The van der Waals surface area contributed by atoms with Crippen molar-refractivity contribution in [2.45, 2.75) is 19.9 Å². The van der Waals surface area contributed by atoms with Crippen molar-refractivity contribution in [3.05, 3.63) is 17.0 Å². The van der Waals surface area contributed by atoms with Crippen LogP contribution < -0.4 is 0 Å². The average Bonchev–Trinajstić information content (AvgIpc) is 2.70. The smallest absolute Gasteiger partial charge is 0.359 e. The Balaban J connectivity index is 2.30. The fourth-order valence-corrected chi connectivity index (χ4v) is 2.71. The van der Waals surface area contributed by atoms with Crippen LogP contribution in [0.1, 0.15) is 28.7 Å². The third-order valence-corrected chi connectivity index (χ3v) is 4.09. The molecule has 2 heterocycles. The molecule has 8 heteroatoms. The number of hydrogen-bond acceptors (Lipinski definition) is 5. The van der Waals surface area contributed by atoms with Gasteiger partial charge in [-0.05, 0) is 6.92 Å². The van der Waals surface area contributed by atoms with Gasteiger partial charge in [0.15, 0.2) is 5.69 Å². The number of H-pyrrole nitrogens is 1. The van der Waals surface area contributed by atoms with Crippen LogP contribution in [0.5, 0.6) is 0 Å². The maximum absolute atomic E-state index is 11.7. The monoisotopic (exact) mass is 273 g/mol. The van der Waals surface area contributed by atoms with Crippen LogP contribution in [0, 0.1) is 0 Å². The molecular formula is C10H15N3O4S. The van der Waals surface area contributed by atoms with Gasteiger partial charge in [-0.15, -0.1) is 0 Å². The van der Waals surface area contributed by atoms with Crippen LogP contribution in [-0.2, 0) is 27.7 Å². The summed E-state index contributed by atoms with van der Waals surface area (Å²) in [5.74, 6) is -0.523. The van der Waals surface area contributed by atoms with E-state index < -0.39 is 16.0 Å². The Hall–Kier alpha value is -1.41. The standard InChI is InChI=1S/C10H15N3O4S/c1-3-17-10(14)9-7-6-13(18(2,15)16)5-4-8(7)11-12-9/h3-6H2,1-2H3,(H,11,12). The van der Waals surface area contributed by atoms with E-state index in [2.05, 4.69) is 10.2 Å². The van der Waals surface area contributed by atoms with Crippen molar-refractivity contribution in [1.82, 2.24) is 14.5 Å². The number of ether oxygens (including phenoxy) is 1. The zero-order valence-corrected chi connectivity index (χ0v) is 11.1. The number of fused-ring (bicyclic) bond motifs is 1. The van der Waals surface area contributed by atoms with Crippen molar-refractivity contribution in [3.8, 4) is 0 Å². The fraction of sp³-hybridized carbons (Fsp3) is 0.600. The molecule has 2 rings (SSSR count). The lowest BCUT2D eigenvalue weighted by atomic mass is 10.1. The molecule has 0 radical (unpaired) electrons. The lowest BCUT2D eigenvalue weighted by Crippen LogP contribution is -2.35. The molecule has 0 aliphatic carbocycles. The van der Waals surface area contributed by atoms with Crippen LogP contribution in [0.15, 0.2) is 0 Å². The molecule has 1 aromatic heterocycles. The van der Waals surface area contributed by atoms with Gasteiger partial charge in [0.25, 0.3) is 0 Å². The van der Waals surface area contributed by atoms with Crippen LogP contribution in [0.4, 0.5) is 0 Å². The van der Waals surface area contributed by atoms with Gasteiger partial charge in [-0.25, -0.2) is 13.2 Å². The normalized spacial score (nSPS) is 16.3. The Morgan fingerprint density at radius 1 is 1.56 bits per heavy atom. The largest absolute Gasteiger partial charge is 0.461 e. The summed E-state index contributed by atoms with van der Waals surface area (Å²) in [6, 6.07) is 0. The van der Waals surface area contributed by atoms with Gasteiger partial charge in [0.2, 0.25) is 10.0 Å². The second kappa shape index (κ2) is 4.69. The van der Waals surface area contributed by atoms with Gasteiger partial charge < -0.3 is 4.74 Å². The molecule has 0 saturated heterocycles. The second-order valence-corrected chi connectivity index (χ2v) is 6.08. The van der Waals surface area contributed by atoms with Crippen LogP contribution >= 0.6 is 0 Å². The molecule has 1 N–H and O–H groups in total. The molecule has 0 amide bonds. The quantitative estimate of drug-likeness (QED) is 0.777. The molecule has 1 aliphatic rings. The van der Waals surface area contributed by atoms with Gasteiger partial charge >= 0.3 is 5.97 Å². The Kier molecular flexibility index (Phi) is 3.40. The van der Waals surface area contributed by atoms with E-state index in [9.17, 15) is 13.2 Å². The van der Waals surface area contributed by atoms with Crippen LogP contribution in [-0.4, -0.2) is 48.3 Å².